The highest BCUT2D eigenvalue weighted by Crippen LogP contribution is 2.27. The summed E-state index contributed by atoms with van der Waals surface area (Å²) in [7, 11) is 0. The van der Waals surface area contributed by atoms with Crippen LogP contribution in [0.1, 0.15) is 45.4 Å². The highest BCUT2D eigenvalue weighted by atomic mass is 16.3. The second-order valence-electron chi connectivity index (χ2n) is 5.09. The Hall–Kier alpha value is -0.610. The minimum absolute atomic E-state index is 0.0221. The van der Waals surface area contributed by atoms with Crippen LogP contribution in [-0.2, 0) is 4.79 Å². The highest BCUT2D eigenvalue weighted by molar-refractivity contribution is 5.77. The van der Waals surface area contributed by atoms with Crippen LogP contribution in [0.25, 0.3) is 0 Å². The van der Waals surface area contributed by atoms with Crippen LogP contribution in [0, 0.1) is 5.92 Å². The number of nitrogens with one attached hydrogen (secondary N) is 1. The van der Waals surface area contributed by atoms with Gasteiger partial charge in [-0.05, 0) is 25.3 Å². The predicted molar refractivity (Wildman–Crippen MR) is 63.9 cm³/mol. The SMILES string of the molecule is CC(CN)CC(=O)NC1(CO)CCCCC1. The van der Waals surface area contributed by atoms with Crippen molar-refractivity contribution in [2.24, 2.45) is 11.7 Å². The number of aliphatic hydroxyl groups excluding tert-OH is 1. The van der Waals surface area contributed by atoms with Crippen LogP contribution in [0.5, 0.6) is 0 Å². The lowest BCUT2D eigenvalue weighted by atomic mass is 9.82. The van der Waals surface area contributed by atoms with Crippen LogP contribution in [0.4, 0.5) is 0 Å². The normalized spacial score (nSPS) is 21.4. The Morgan fingerprint density at radius 3 is 2.56 bits per heavy atom. The van der Waals surface area contributed by atoms with Crippen molar-refractivity contribution in [3.8, 4) is 0 Å². The summed E-state index contributed by atoms with van der Waals surface area (Å²) >= 11 is 0. The van der Waals surface area contributed by atoms with E-state index in [0.717, 1.165) is 25.7 Å². The van der Waals surface area contributed by atoms with E-state index in [9.17, 15) is 9.90 Å². The third kappa shape index (κ3) is 3.76. The molecule has 0 bridgehead atoms. The second kappa shape index (κ2) is 6.21. The Kier molecular flexibility index (Phi) is 5.22. The fourth-order valence-electron chi connectivity index (χ4n) is 2.30. The first-order valence-electron chi connectivity index (χ1n) is 6.24. The van der Waals surface area contributed by atoms with Crippen LogP contribution >= 0.6 is 0 Å². The summed E-state index contributed by atoms with van der Waals surface area (Å²) in [5, 5.41) is 12.4. The molecule has 0 aromatic carbocycles. The van der Waals surface area contributed by atoms with Gasteiger partial charge in [0.15, 0.2) is 0 Å². The van der Waals surface area contributed by atoms with Gasteiger partial charge in [0.05, 0.1) is 12.1 Å². The zero-order valence-electron chi connectivity index (χ0n) is 10.2. The molecule has 0 saturated heterocycles. The molecule has 4 nitrogen and oxygen atoms in total. The molecule has 1 unspecified atom stereocenters. The molecule has 94 valence electrons. The molecule has 1 aliphatic carbocycles. The maximum absolute atomic E-state index is 11.8. The first-order valence-corrected chi connectivity index (χ1v) is 6.24. The van der Waals surface area contributed by atoms with Crippen molar-refractivity contribution in [1.29, 1.82) is 0 Å². The van der Waals surface area contributed by atoms with Crippen LogP contribution in [0.2, 0.25) is 0 Å². The zero-order valence-corrected chi connectivity index (χ0v) is 10.2. The summed E-state index contributed by atoms with van der Waals surface area (Å²) in [6.45, 7) is 2.54. The van der Waals surface area contributed by atoms with Crippen LogP contribution in [0.3, 0.4) is 0 Å². The standard InChI is InChI=1S/C12H24N2O2/c1-10(8-13)7-11(16)14-12(9-15)5-3-2-4-6-12/h10,15H,2-9,13H2,1H3,(H,14,16). The van der Waals surface area contributed by atoms with Gasteiger partial charge in [-0.2, -0.15) is 0 Å². The van der Waals surface area contributed by atoms with Gasteiger partial charge in [0.1, 0.15) is 0 Å². The largest absolute Gasteiger partial charge is 0.394 e. The summed E-state index contributed by atoms with van der Waals surface area (Å²) in [5.74, 6) is 0.230. The molecular weight excluding hydrogens is 204 g/mol. The zero-order chi connectivity index (χ0) is 12.0. The van der Waals surface area contributed by atoms with Crippen molar-refractivity contribution >= 4 is 5.91 Å². The monoisotopic (exact) mass is 228 g/mol. The summed E-state index contributed by atoms with van der Waals surface area (Å²) < 4.78 is 0. The van der Waals surface area contributed by atoms with E-state index in [0.29, 0.717) is 13.0 Å². The molecule has 0 aromatic heterocycles. The van der Waals surface area contributed by atoms with Gasteiger partial charge in [-0.15, -0.1) is 0 Å². The number of rotatable bonds is 5. The predicted octanol–water partition coefficient (Wildman–Crippen LogP) is 0.783. The number of nitrogens with two attached hydrogens (primary N) is 1. The van der Waals surface area contributed by atoms with Gasteiger partial charge in [-0.25, -0.2) is 0 Å². The number of amides is 1. The highest BCUT2D eigenvalue weighted by Gasteiger charge is 2.32. The van der Waals surface area contributed by atoms with Crippen LogP contribution in [-0.4, -0.2) is 29.7 Å². The molecule has 16 heavy (non-hydrogen) atoms. The molecular formula is C12H24N2O2. The van der Waals surface area contributed by atoms with Gasteiger partial charge < -0.3 is 16.2 Å². The molecule has 4 N–H and O–H groups in total. The van der Waals surface area contributed by atoms with Crippen LogP contribution < -0.4 is 11.1 Å². The number of hydrogen-bond acceptors (Lipinski definition) is 3. The van der Waals surface area contributed by atoms with E-state index in [-0.39, 0.29) is 24.0 Å². The van der Waals surface area contributed by atoms with Crippen molar-refractivity contribution in [3.05, 3.63) is 0 Å². The third-order valence-electron chi connectivity index (χ3n) is 3.45. The van der Waals surface area contributed by atoms with Crippen LogP contribution in [0.15, 0.2) is 0 Å². The van der Waals surface area contributed by atoms with Gasteiger partial charge in [0, 0.05) is 6.42 Å². The number of aliphatic hydroxyl groups is 1. The van der Waals surface area contributed by atoms with Gasteiger partial charge in [-0.3, -0.25) is 4.79 Å². The molecule has 0 heterocycles. The Bertz CT molecular complexity index is 225. The smallest absolute Gasteiger partial charge is 0.220 e. The molecule has 0 spiro atoms. The van der Waals surface area contributed by atoms with Crippen molar-refractivity contribution in [3.63, 3.8) is 0 Å². The summed E-state index contributed by atoms with van der Waals surface area (Å²) in [6.07, 6.45) is 5.63. The van der Waals surface area contributed by atoms with Crippen molar-refractivity contribution in [2.75, 3.05) is 13.2 Å². The van der Waals surface area contributed by atoms with E-state index in [2.05, 4.69) is 5.32 Å². The number of carbonyl (C=O) groups excluding carboxylic acids is 1. The van der Waals surface area contributed by atoms with E-state index in [4.69, 9.17) is 5.73 Å². The lowest BCUT2D eigenvalue weighted by molar-refractivity contribution is -0.125. The van der Waals surface area contributed by atoms with Gasteiger partial charge >= 0.3 is 0 Å². The van der Waals surface area contributed by atoms with Crippen molar-refractivity contribution in [2.45, 2.75) is 51.0 Å². The lowest BCUT2D eigenvalue weighted by Crippen LogP contribution is -2.52. The van der Waals surface area contributed by atoms with E-state index in [1.165, 1.54) is 6.42 Å². The van der Waals surface area contributed by atoms with E-state index >= 15 is 0 Å². The fraction of sp³-hybridized carbons (Fsp3) is 0.917. The first-order chi connectivity index (χ1) is 7.62. The molecule has 0 radical (unpaired) electrons. The van der Waals surface area contributed by atoms with Crippen molar-refractivity contribution < 1.29 is 9.90 Å². The minimum Gasteiger partial charge on any atom is -0.394 e. The minimum atomic E-state index is -0.357. The average molecular weight is 228 g/mol. The molecule has 1 aliphatic rings. The maximum atomic E-state index is 11.8. The van der Waals surface area contributed by atoms with Gasteiger partial charge in [0.2, 0.25) is 5.91 Å². The van der Waals surface area contributed by atoms with E-state index in [1.807, 2.05) is 6.92 Å². The van der Waals surface area contributed by atoms with Gasteiger partial charge in [-0.1, -0.05) is 26.2 Å². The molecule has 1 fully saturated rings. The molecule has 1 atom stereocenters. The summed E-state index contributed by atoms with van der Waals surface area (Å²) in [4.78, 5) is 11.8. The fourth-order valence-corrected chi connectivity index (χ4v) is 2.30. The maximum Gasteiger partial charge on any atom is 0.220 e. The lowest BCUT2D eigenvalue weighted by Gasteiger charge is -2.36. The third-order valence-corrected chi connectivity index (χ3v) is 3.45. The van der Waals surface area contributed by atoms with E-state index in [1.54, 1.807) is 0 Å². The Morgan fingerprint density at radius 2 is 2.06 bits per heavy atom. The number of hydrogen-bond donors (Lipinski definition) is 3. The molecule has 1 rings (SSSR count). The molecule has 0 aliphatic heterocycles. The second-order valence-corrected chi connectivity index (χ2v) is 5.09. The Balaban J connectivity index is 2.45. The average Bonchev–Trinajstić information content (AvgIpc) is 2.29. The molecule has 0 aromatic rings. The van der Waals surface area contributed by atoms with Gasteiger partial charge in [0.25, 0.3) is 0 Å². The Labute approximate surface area is 97.6 Å². The molecule has 4 heteroatoms. The molecule has 1 saturated carbocycles. The Morgan fingerprint density at radius 1 is 1.44 bits per heavy atom. The molecule has 1 amide bonds. The summed E-state index contributed by atoms with van der Waals surface area (Å²) in [5.41, 5.74) is 5.13. The topological polar surface area (TPSA) is 75.4 Å². The van der Waals surface area contributed by atoms with E-state index < -0.39 is 0 Å². The summed E-state index contributed by atoms with van der Waals surface area (Å²) in [6, 6.07) is 0. The number of carbonyl (C=O) groups is 1. The quantitative estimate of drug-likeness (QED) is 0.651. The van der Waals surface area contributed by atoms with Crippen molar-refractivity contribution in [1.82, 2.24) is 5.32 Å². The first kappa shape index (κ1) is 13.5.